The van der Waals surface area contributed by atoms with Crippen molar-refractivity contribution in [3.05, 3.63) is 12.2 Å². The fourth-order valence-electron chi connectivity index (χ4n) is 1.21. The monoisotopic (exact) mass is 184 g/mol. The SMILES string of the molecule is CC=CCCC(CC)C(=O)OCC. The van der Waals surface area contributed by atoms with Gasteiger partial charge in [-0.25, -0.2) is 0 Å². The first-order valence-electron chi connectivity index (χ1n) is 5.04. The Hall–Kier alpha value is -0.790. The van der Waals surface area contributed by atoms with Gasteiger partial charge >= 0.3 is 5.97 Å². The van der Waals surface area contributed by atoms with Crippen molar-refractivity contribution < 1.29 is 9.53 Å². The highest BCUT2D eigenvalue weighted by molar-refractivity contribution is 5.72. The summed E-state index contributed by atoms with van der Waals surface area (Å²) in [5.41, 5.74) is 0. The lowest BCUT2D eigenvalue weighted by molar-refractivity contribution is -0.148. The molecule has 1 atom stereocenters. The van der Waals surface area contributed by atoms with Crippen molar-refractivity contribution >= 4 is 5.97 Å². The van der Waals surface area contributed by atoms with Crippen LogP contribution in [0.1, 0.15) is 40.0 Å². The normalized spacial score (nSPS) is 13.2. The Morgan fingerprint density at radius 2 is 2.15 bits per heavy atom. The van der Waals surface area contributed by atoms with E-state index in [1.807, 2.05) is 26.8 Å². The Labute approximate surface area is 81.0 Å². The van der Waals surface area contributed by atoms with E-state index in [9.17, 15) is 4.79 Å². The van der Waals surface area contributed by atoms with Gasteiger partial charge in [0.25, 0.3) is 0 Å². The van der Waals surface area contributed by atoms with E-state index in [0.717, 1.165) is 19.3 Å². The standard InChI is InChI=1S/C11H20O2/c1-4-7-8-9-10(5-2)11(12)13-6-3/h4,7,10H,5-6,8-9H2,1-3H3. The second-order valence-electron chi connectivity index (χ2n) is 3.00. The van der Waals surface area contributed by atoms with Crippen LogP contribution in [-0.4, -0.2) is 12.6 Å². The molecule has 2 nitrogen and oxygen atoms in total. The van der Waals surface area contributed by atoms with E-state index >= 15 is 0 Å². The molecule has 0 radical (unpaired) electrons. The van der Waals surface area contributed by atoms with Crippen molar-refractivity contribution in [3.63, 3.8) is 0 Å². The third kappa shape index (κ3) is 5.45. The van der Waals surface area contributed by atoms with E-state index in [1.165, 1.54) is 0 Å². The van der Waals surface area contributed by atoms with Crippen LogP contribution >= 0.6 is 0 Å². The lowest BCUT2D eigenvalue weighted by Gasteiger charge is -2.11. The largest absolute Gasteiger partial charge is 0.466 e. The Morgan fingerprint density at radius 1 is 1.46 bits per heavy atom. The summed E-state index contributed by atoms with van der Waals surface area (Å²) in [5, 5.41) is 0. The number of hydrogen-bond donors (Lipinski definition) is 0. The molecule has 0 heterocycles. The molecule has 0 fully saturated rings. The molecule has 0 rings (SSSR count). The summed E-state index contributed by atoms with van der Waals surface area (Å²) in [7, 11) is 0. The molecule has 0 saturated heterocycles. The molecule has 0 aromatic carbocycles. The molecule has 1 unspecified atom stereocenters. The molecule has 0 bridgehead atoms. The number of allylic oxidation sites excluding steroid dienone is 2. The summed E-state index contributed by atoms with van der Waals surface area (Å²) in [6.07, 6.45) is 6.84. The summed E-state index contributed by atoms with van der Waals surface area (Å²) in [6, 6.07) is 0. The number of hydrogen-bond acceptors (Lipinski definition) is 2. The fourth-order valence-corrected chi connectivity index (χ4v) is 1.21. The minimum absolute atomic E-state index is 0.0468. The molecule has 0 saturated carbocycles. The average molecular weight is 184 g/mol. The minimum Gasteiger partial charge on any atom is -0.466 e. The summed E-state index contributed by atoms with van der Waals surface area (Å²) >= 11 is 0. The Balaban J connectivity index is 3.80. The third-order valence-corrected chi connectivity index (χ3v) is 2.03. The quantitative estimate of drug-likeness (QED) is 0.468. The molecule has 0 spiro atoms. The lowest BCUT2D eigenvalue weighted by atomic mass is 10.0. The van der Waals surface area contributed by atoms with Crippen LogP contribution in [0.2, 0.25) is 0 Å². The second kappa shape index (κ2) is 7.84. The molecule has 0 N–H and O–H groups in total. The van der Waals surface area contributed by atoms with E-state index < -0.39 is 0 Å². The van der Waals surface area contributed by atoms with E-state index in [2.05, 4.69) is 6.08 Å². The smallest absolute Gasteiger partial charge is 0.308 e. The molecule has 0 aliphatic rings. The van der Waals surface area contributed by atoms with Crippen LogP contribution in [0.25, 0.3) is 0 Å². The molecular weight excluding hydrogens is 164 g/mol. The maximum absolute atomic E-state index is 11.3. The van der Waals surface area contributed by atoms with Crippen LogP contribution < -0.4 is 0 Å². The molecule has 0 aromatic heterocycles. The maximum atomic E-state index is 11.3. The van der Waals surface area contributed by atoms with Gasteiger partial charge in [0.05, 0.1) is 12.5 Å². The van der Waals surface area contributed by atoms with Gasteiger partial charge in [-0.15, -0.1) is 0 Å². The van der Waals surface area contributed by atoms with Gasteiger partial charge < -0.3 is 4.74 Å². The van der Waals surface area contributed by atoms with E-state index in [4.69, 9.17) is 4.74 Å². The molecular formula is C11H20O2. The van der Waals surface area contributed by atoms with Gasteiger partial charge in [0, 0.05) is 0 Å². The zero-order valence-electron chi connectivity index (χ0n) is 8.88. The van der Waals surface area contributed by atoms with Crippen molar-refractivity contribution in [1.29, 1.82) is 0 Å². The summed E-state index contributed by atoms with van der Waals surface area (Å²) in [4.78, 5) is 11.3. The van der Waals surface area contributed by atoms with E-state index in [1.54, 1.807) is 0 Å². The van der Waals surface area contributed by atoms with Crippen molar-refractivity contribution in [2.75, 3.05) is 6.61 Å². The summed E-state index contributed by atoms with van der Waals surface area (Å²) in [5.74, 6) is 0.0330. The summed E-state index contributed by atoms with van der Waals surface area (Å²) < 4.78 is 4.96. The highest BCUT2D eigenvalue weighted by atomic mass is 16.5. The number of carbonyl (C=O) groups excluding carboxylic acids is 1. The van der Waals surface area contributed by atoms with Gasteiger partial charge in [-0.3, -0.25) is 4.79 Å². The van der Waals surface area contributed by atoms with E-state index in [0.29, 0.717) is 6.61 Å². The van der Waals surface area contributed by atoms with Crippen molar-refractivity contribution in [3.8, 4) is 0 Å². The van der Waals surface area contributed by atoms with Crippen molar-refractivity contribution in [2.45, 2.75) is 40.0 Å². The Bertz CT molecular complexity index is 161. The van der Waals surface area contributed by atoms with E-state index in [-0.39, 0.29) is 11.9 Å². The molecule has 13 heavy (non-hydrogen) atoms. The van der Waals surface area contributed by atoms with Crippen LogP contribution in [0, 0.1) is 5.92 Å². The van der Waals surface area contributed by atoms with Crippen LogP contribution in [0.5, 0.6) is 0 Å². The number of carbonyl (C=O) groups is 1. The lowest BCUT2D eigenvalue weighted by Crippen LogP contribution is -2.16. The topological polar surface area (TPSA) is 26.3 Å². The summed E-state index contributed by atoms with van der Waals surface area (Å²) in [6.45, 7) is 6.35. The zero-order valence-corrected chi connectivity index (χ0v) is 8.88. The van der Waals surface area contributed by atoms with Gasteiger partial charge in [-0.05, 0) is 33.1 Å². The van der Waals surface area contributed by atoms with Crippen LogP contribution in [-0.2, 0) is 9.53 Å². The van der Waals surface area contributed by atoms with Gasteiger partial charge in [0.15, 0.2) is 0 Å². The Morgan fingerprint density at radius 3 is 2.62 bits per heavy atom. The predicted octanol–water partition coefficient (Wildman–Crippen LogP) is 2.93. The van der Waals surface area contributed by atoms with Gasteiger partial charge in [0.1, 0.15) is 0 Å². The number of ether oxygens (including phenoxy) is 1. The average Bonchev–Trinajstić information content (AvgIpc) is 2.13. The number of esters is 1. The number of rotatable bonds is 6. The molecule has 2 heteroatoms. The molecule has 0 aromatic rings. The van der Waals surface area contributed by atoms with Crippen LogP contribution in [0.15, 0.2) is 12.2 Å². The highest BCUT2D eigenvalue weighted by Gasteiger charge is 2.15. The fraction of sp³-hybridized carbons (Fsp3) is 0.727. The molecule has 76 valence electrons. The Kier molecular flexibility index (Phi) is 7.36. The van der Waals surface area contributed by atoms with Crippen molar-refractivity contribution in [1.82, 2.24) is 0 Å². The minimum atomic E-state index is -0.0468. The van der Waals surface area contributed by atoms with Crippen LogP contribution in [0.3, 0.4) is 0 Å². The van der Waals surface area contributed by atoms with Gasteiger partial charge in [0.2, 0.25) is 0 Å². The third-order valence-electron chi connectivity index (χ3n) is 2.03. The maximum Gasteiger partial charge on any atom is 0.308 e. The first-order valence-corrected chi connectivity index (χ1v) is 5.04. The first kappa shape index (κ1) is 12.2. The zero-order chi connectivity index (χ0) is 10.1. The predicted molar refractivity (Wildman–Crippen MR) is 54.5 cm³/mol. The van der Waals surface area contributed by atoms with Crippen LogP contribution in [0.4, 0.5) is 0 Å². The highest BCUT2D eigenvalue weighted by Crippen LogP contribution is 2.13. The second-order valence-corrected chi connectivity index (χ2v) is 3.00. The molecule has 0 amide bonds. The van der Waals surface area contributed by atoms with Crippen molar-refractivity contribution in [2.24, 2.45) is 5.92 Å². The molecule has 0 aliphatic carbocycles. The van der Waals surface area contributed by atoms with Gasteiger partial charge in [-0.1, -0.05) is 19.1 Å². The van der Waals surface area contributed by atoms with Gasteiger partial charge in [-0.2, -0.15) is 0 Å². The first-order chi connectivity index (χ1) is 6.26. The molecule has 0 aliphatic heterocycles.